The summed E-state index contributed by atoms with van der Waals surface area (Å²) in [4.78, 5) is 1.52. The number of benzene rings is 2. The van der Waals surface area contributed by atoms with E-state index in [-0.39, 0.29) is 0 Å². The third-order valence-electron chi connectivity index (χ3n) is 6.91. The summed E-state index contributed by atoms with van der Waals surface area (Å²) < 4.78 is 7.63. The maximum Gasteiger partial charge on any atom is 0.134 e. The summed E-state index contributed by atoms with van der Waals surface area (Å²) in [7, 11) is 0. The van der Waals surface area contributed by atoms with Crippen LogP contribution in [0.2, 0.25) is 0 Å². The second kappa shape index (κ2) is 6.47. The molecule has 29 heavy (non-hydrogen) atoms. The lowest BCUT2D eigenvalue weighted by molar-refractivity contribution is 0.521. The number of rotatable bonds is 5. The molecule has 148 valence electrons. The van der Waals surface area contributed by atoms with Gasteiger partial charge in [0.1, 0.15) is 11.3 Å². The molecule has 2 atom stereocenters. The van der Waals surface area contributed by atoms with Crippen molar-refractivity contribution >= 4 is 32.4 Å². The highest BCUT2D eigenvalue weighted by Gasteiger charge is 2.41. The predicted molar refractivity (Wildman–Crippen MR) is 124 cm³/mol. The van der Waals surface area contributed by atoms with Gasteiger partial charge in [-0.25, -0.2) is 0 Å². The molecule has 2 aromatic heterocycles. The van der Waals surface area contributed by atoms with E-state index in [1.807, 2.05) is 11.3 Å². The first-order chi connectivity index (χ1) is 14.1. The molecule has 1 nitrogen and oxygen atoms in total. The molecule has 6 rings (SSSR count). The van der Waals surface area contributed by atoms with Crippen LogP contribution in [-0.4, -0.2) is 0 Å². The Hall–Kier alpha value is -2.06. The minimum Gasteiger partial charge on any atom is -0.461 e. The molecule has 0 spiro atoms. The standard InChI is InChI=1S/C27H28OS/c1-4-18-12-24-20(16-8-9-16)10-17(11-27(24)29-18)21-13-22(21)19-6-5-7-25-23(19)14-26(28-25)15(2)3/h5-7,10-12,14-16,21-22H,4,8-9,13H2,1-3H3. The van der Waals surface area contributed by atoms with E-state index in [1.165, 1.54) is 45.2 Å². The molecule has 0 N–H and O–H groups in total. The molecule has 0 radical (unpaired) electrons. The summed E-state index contributed by atoms with van der Waals surface area (Å²) in [5.74, 6) is 3.63. The molecule has 0 saturated heterocycles. The largest absolute Gasteiger partial charge is 0.461 e. The molecule has 2 aromatic carbocycles. The molecule has 2 aliphatic rings. The van der Waals surface area contributed by atoms with E-state index in [4.69, 9.17) is 4.42 Å². The Kier molecular flexibility index (Phi) is 3.96. The molecule has 2 heteroatoms. The van der Waals surface area contributed by atoms with Crippen molar-refractivity contribution in [2.45, 2.75) is 70.1 Å². The van der Waals surface area contributed by atoms with E-state index < -0.39 is 0 Å². The topological polar surface area (TPSA) is 13.1 Å². The minimum atomic E-state index is 0.431. The average Bonchev–Trinajstić information content (AvgIpc) is 3.63. The summed E-state index contributed by atoms with van der Waals surface area (Å²) in [6.45, 7) is 6.69. The van der Waals surface area contributed by atoms with Gasteiger partial charge in [0.05, 0.1) is 0 Å². The van der Waals surface area contributed by atoms with Crippen LogP contribution in [0.3, 0.4) is 0 Å². The SMILES string of the molecule is CCc1cc2c(C3CC3)cc(C3CC3c3cccc4oc(C(C)C)cc34)cc2s1. The molecule has 2 unspecified atom stereocenters. The van der Waals surface area contributed by atoms with Crippen molar-refractivity contribution in [2.75, 3.05) is 0 Å². The van der Waals surface area contributed by atoms with Crippen molar-refractivity contribution in [3.8, 4) is 0 Å². The van der Waals surface area contributed by atoms with Gasteiger partial charge in [-0.15, -0.1) is 11.3 Å². The summed E-state index contributed by atoms with van der Waals surface area (Å²) in [5.41, 5.74) is 5.73. The van der Waals surface area contributed by atoms with Crippen LogP contribution < -0.4 is 0 Å². The number of furan rings is 1. The second-order valence-electron chi connectivity index (χ2n) is 9.37. The van der Waals surface area contributed by atoms with Crippen molar-refractivity contribution in [3.05, 3.63) is 69.8 Å². The van der Waals surface area contributed by atoms with Crippen LogP contribution >= 0.6 is 11.3 Å². The monoisotopic (exact) mass is 400 g/mol. The van der Waals surface area contributed by atoms with Crippen LogP contribution in [0.15, 0.2) is 46.9 Å². The van der Waals surface area contributed by atoms with Crippen LogP contribution in [0, 0.1) is 0 Å². The molecular formula is C27H28OS. The Labute approximate surface area is 176 Å². The summed E-state index contributed by atoms with van der Waals surface area (Å²) >= 11 is 2.01. The van der Waals surface area contributed by atoms with Gasteiger partial charge in [0.25, 0.3) is 0 Å². The van der Waals surface area contributed by atoms with Gasteiger partial charge in [-0.05, 0) is 89.8 Å². The molecule has 0 aliphatic heterocycles. The Balaban J connectivity index is 1.39. The maximum absolute atomic E-state index is 6.12. The fourth-order valence-corrected chi connectivity index (χ4v) is 6.06. The molecule has 0 amide bonds. The fourth-order valence-electron chi connectivity index (χ4n) is 4.98. The van der Waals surface area contributed by atoms with Gasteiger partial charge in [-0.3, -0.25) is 0 Å². The quantitative estimate of drug-likeness (QED) is 0.327. The van der Waals surface area contributed by atoms with Crippen molar-refractivity contribution in [1.29, 1.82) is 0 Å². The summed E-state index contributed by atoms with van der Waals surface area (Å²) in [6.07, 6.45) is 5.15. The Morgan fingerprint density at radius 3 is 2.62 bits per heavy atom. The van der Waals surface area contributed by atoms with Gasteiger partial charge in [0.15, 0.2) is 0 Å². The Bertz CT molecular complexity index is 1220. The predicted octanol–water partition coefficient (Wildman–Crippen LogP) is 8.48. The van der Waals surface area contributed by atoms with Gasteiger partial charge in [0, 0.05) is 20.9 Å². The van der Waals surface area contributed by atoms with Gasteiger partial charge >= 0.3 is 0 Å². The lowest BCUT2D eigenvalue weighted by atomic mass is 9.97. The molecule has 2 fully saturated rings. The van der Waals surface area contributed by atoms with Crippen LogP contribution in [0.5, 0.6) is 0 Å². The summed E-state index contributed by atoms with van der Waals surface area (Å²) in [5, 5.41) is 2.87. The smallest absolute Gasteiger partial charge is 0.134 e. The molecule has 2 aliphatic carbocycles. The van der Waals surface area contributed by atoms with Crippen molar-refractivity contribution in [2.24, 2.45) is 0 Å². The second-order valence-corrected chi connectivity index (χ2v) is 10.5. The zero-order valence-corrected chi connectivity index (χ0v) is 18.3. The third kappa shape index (κ3) is 2.95. The van der Waals surface area contributed by atoms with E-state index in [9.17, 15) is 0 Å². The average molecular weight is 401 g/mol. The fraction of sp³-hybridized carbons (Fsp3) is 0.407. The highest BCUT2D eigenvalue weighted by atomic mass is 32.1. The zero-order valence-electron chi connectivity index (χ0n) is 17.5. The first-order valence-corrected chi connectivity index (χ1v) is 12.0. The van der Waals surface area contributed by atoms with E-state index in [1.54, 1.807) is 11.1 Å². The van der Waals surface area contributed by atoms with Gasteiger partial charge < -0.3 is 4.42 Å². The zero-order chi connectivity index (χ0) is 19.7. The minimum absolute atomic E-state index is 0.431. The highest BCUT2D eigenvalue weighted by Crippen LogP contribution is 2.58. The van der Waals surface area contributed by atoms with Gasteiger partial charge in [-0.2, -0.15) is 0 Å². The normalized spacial score (nSPS) is 21.5. The van der Waals surface area contributed by atoms with Crippen LogP contribution in [0.4, 0.5) is 0 Å². The maximum atomic E-state index is 6.12. The number of fused-ring (bicyclic) bond motifs is 2. The lowest BCUT2D eigenvalue weighted by Crippen LogP contribution is -1.89. The Morgan fingerprint density at radius 1 is 1.00 bits per heavy atom. The lowest BCUT2D eigenvalue weighted by Gasteiger charge is -2.08. The number of hydrogen-bond acceptors (Lipinski definition) is 2. The number of thiophene rings is 1. The Morgan fingerprint density at radius 2 is 1.86 bits per heavy atom. The van der Waals surface area contributed by atoms with E-state index in [2.05, 4.69) is 63.2 Å². The highest BCUT2D eigenvalue weighted by molar-refractivity contribution is 7.19. The van der Waals surface area contributed by atoms with Crippen LogP contribution in [-0.2, 0) is 6.42 Å². The van der Waals surface area contributed by atoms with Gasteiger partial charge in [-0.1, -0.05) is 39.0 Å². The number of aryl methyl sites for hydroxylation is 1. The van der Waals surface area contributed by atoms with E-state index >= 15 is 0 Å². The molecule has 0 bridgehead atoms. The van der Waals surface area contributed by atoms with Crippen LogP contribution in [0.1, 0.15) is 91.0 Å². The van der Waals surface area contributed by atoms with E-state index in [0.29, 0.717) is 17.8 Å². The molecular weight excluding hydrogens is 372 g/mol. The summed E-state index contributed by atoms with van der Waals surface area (Å²) in [6, 6.07) is 16.4. The number of hydrogen-bond donors (Lipinski definition) is 0. The molecule has 2 heterocycles. The molecule has 4 aromatic rings. The van der Waals surface area contributed by atoms with Crippen LogP contribution in [0.25, 0.3) is 21.1 Å². The van der Waals surface area contributed by atoms with Crippen molar-refractivity contribution in [1.82, 2.24) is 0 Å². The van der Waals surface area contributed by atoms with E-state index in [0.717, 1.165) is 23.7 Å². The third-order valence-corrected chi connectivity index (χ3v) is 8.14. The molecule has 2 saturated carbocycles. The van der Waals surface area contributed by atoms with Crippen molar-refractivity contribution in [3.63, 3.8) is 0 Å². The van der Waals surface area contributed by atoms with Crippen molar-refractivity contribution < 1.29 is 4.42 Å². The first kappa shape index (κ1) is 17.8. The van der Waals surface area contributed by atoms with Gasteiger partial charge in [0.2, 0.25) is 0 Å². The first-order valence-electron chi connectivity index (χ1n) is 11.2.